The van der Waals surface area contributed by atoms with Gasteiger partial charge in [-0.05, 0) is 104 Å². The van der Waals surface area contributed by atoms with Crippen LogP contribution in [0.15, 0.2) is 0 Å². The molecule has 0 radical (unpaired) electrons. The summed E-state index contributed by atoms with van der Waals surface area (Å²) in [6.07, 6.45) is 14.3. The highest BCUT2D eigenvalue weighted by Crippen LogP contribution is 2.68. The molecule has 0 saturated heterocycles. The van der Waals surface area contributed by atoms with E-state index in [0.717, 1.165) is 48.3 Å². The van der Waals surface area contributed by atoms with Crippen LogP contribution in [0.4, 0.5) is 0 Å². The maximum atomic E-state index is 13.4. The Hall–Kier alpha value is 0.150. The number of carbonyl (C=O) groups is 1. The minimum absolute atomic E-state index is 0.279. The summed E-state index contributed by atoms with van der Waals surface area (Å²) in [6, 6.07) is 0. The molecule has 0 bridgehead atoms. The molecule has 0 N–H and O–H groups in total. The SMILES string of the molecule is CCC(CC[C@@H](C)C1CCC2C3CC(=O)[C@H]4C[C@@H](Br)CC[C@]4(C)C3CC[C@@]21C)C(C)C. The van der Waals surface area contributed by atoms with Crippen molar-refractivity contribution in [3.63, 3.8) is 0 Å². The van der Waals surface area contributed by atoms with Crippen molar-refractivity contribution in [2.75, 3.05) is 0 Å². The van der Waals surface area contributed by atoms with Gasteiger partial charge in [0.15, 0.2) is 0 Å². The third kappa shape index (κ3) is 4.12. The van der Waals surface area contributed by atoms with Crippen molar-refractivity contribution in [1.82, 2.24) is 0 Å². The molecule has 4 aliphatic rings. The van der Waals surface area contributed by atoms with Crippen molar-refractivity contribution < 1.29 is 4.79 Å². The number of carbonyl (C=O) groups excluding carboxylic acids is 1. The first-order valence-corrected chi connectivity index (χ1v) is 14.7. The molecule has 31 heavy (non-hydrogen) atoms. The van der Waals surface area contributed by atoms with Crippen LogP contribution in [0.25, 0.3) is 0 Å². The summed E-state index contributed by atoms with van der Waals surface area (Å²) in [5.41, 5.74) is 0.761. The minimum atomic E-state index is 0.279. The van der Waals surface area contributed by atoms with E-state index in [1.165, 1.54) is 57.8 Å². The number of alkyl halides is 1. The lowest BCUT2D eigenvalue weighted by Gasteiger charge is -2.60. The van der Waals surface area contributed by atoms with Crippen LogP contribution in [0.1, 0.15) is 112 Å². The zero-order valence-electron chi connectivity index (χ0n) is 21.3. The first-order valence-electron chi connectivity index (χ1n) is 13.8. The lowest BCUT2D eigenvalue weighted by Crippen LogP contribution is -2.56. The maximum absolute atomic E-state index is 13.4. The third-order valence-corrected chi connectivity index (χ3v) is 12.4. The van der Waals surface area contributed by atoms with Crippen LogP contribution in [-0.4, -0.2) is 10.6 Å². The zero-order valence-corrected chi connectivity index (χ0v) is 22.8. The van der Waals surface area contributed by atoms with Crippen LogP contribution < -0.4 is 0 Å². The summed E-state index contributed by atoms with van der Waals surface area (Å²) in [4.78, 5) is 14.0. The number of fused-ring (bicyclic) bond motifs is 5. The van der Waals surface area contributed by atoms with Gasteiger partial charge in [-0.2, -0.15) is 0 Å². The molecular weight excluding hydrogens is 444 g/mol. The Bertz CT molecular complexity index is 657. The highest BCUT2D eigenvalue weighted by Gasteiger charge is 2.62. The molecule has 4 aliphatic carbocycles. The summed E-state index contributed by atoms with van der Waals surface area (Å²) in [5, 5.41) is 0. The first-order chi connectivity index (χ1) is 14.6. The van der Waals surface area contributed by atoms with E-state index in [9.17, 15) is 4.79 Å². The average Bonchev–Trinajstić information content (AvgIpc) is 3.07. The summed E-state index contributed by atoms with van der Waals surface area (Å²) < 4.78 is 0. The van der Waals surface area contributed by atoms with E-state index < -0.39 is 0 Å². The second-order valence-corrected chi connectivity index (χ2v) is 14.5. The molecule has 0 heterocycles. The van der Waals surface area contributed by atoms with Crippen LogP contribution in [0.2, 0.25) is 0 Å². The van der Waals surface area contributed by atoms with Gasteiger partial charge in [0.2, 0.25) is 0 Å². The molecule has 4 rings (SSSR count). The van der Waals surface area contributed by atoms with Gasteiger partial charge in [0.25, 0.3) is 0 Å². The summed E-state index contributed by atoms with van der Waals surface area (Å²) in [5.74, 6) is 6.65. The summed E-state index contributed by atoms with van der Waals surface area (Å²) in [6.45, 7) is 14.9. The smallest absolute Gasteiger partial charge is 0.136 e. The van der Waals surface area contributed by atoms with Gasteiger partial charge in [0, 0.05) is 17.2 Å². The van der Waals surface area contributed by atoms with Gasteiger partial charge >= 0.3 is 0 Å². The van der Waals surface area contributed by atoms with Crippen molar-refractivity contribution in [3.8, 4) is 0 Å². The Labute approximate surface area is 201 Å². The Kier molecular flexibility index (Phi) is 7.10. The highest BCUT2D eigenvalue weighted by atomic mass is 79.9. The molecule has 2 heteroatoms. The highest BCUT2D eigenvalue weighted by molar-refractivity contribution is 9.09. The van der Waals surface area contributed by atoms with Crippen LogP contribution >= 0.6 is 15.9 Å². The van der Waals surface area contributed by atoms with Crippen molar-refractivity contribution in [1.29, 1.82) is 0 Å². The third-order valence-electron chi connectivity index (χ3n) is 11.6. The second-order valence-electron chi connectivity index (χ2n) is 13.2. The van der Waals surface area contributed by atoms with E-state index >= 15 is 0 Å². The van der Waals surface area contributed by atoms with E-state index in [-0.39, 0.29) is 5.41 Å². The molecule has 0 aromatic rings. The zero-order chi connectivity index (χ0) is 22.6. The first kappa shape index (κ1) is 24.3. The molecule has 0 aliphatic heterocycles. The summed E-state index contributed by atoms with van der Waals surface area (Å²) in [7, 11) is 0. The Morgan fingerprint density at radius 2 is 1.65 bits per heavy atom. The van der Waals surface area contributed by atoms with Crippen molar-refractivity contribution >= 4 is 21.7 Å². The molecule has 0 aromatic heterocycles. The van der Waals surface area contributed by atoms with E-state index in [2.05, 4.69) is 57.5 Å². The molecule has 10 atom stereocenters. The van der Waals surface area contributed by atoms with Crippen LogP contribution in [0, 0.1) is 58.2 Å². The van der Waals surface area contributed by atoms with Crippen LogP contribution in [0.5, 0.6) is 0 Å². The van der Waals surface area contributed by atoms with E-state index in [1.807, 2.05) is 0 Å². The maximum Gasteiger partial charge on any atom is 0.136 e. The van der Waals surface area contributed by atoms with Crippen molar-refractivity contribution in [2.45, 2.75) is 117 Å². The van der Waals surface area contributed by atoms with Gasteiger partial charge in [-0.25, -0.2) is 0 Å². The number of halogens is 1. The fourth-order valence-corrected chi connectivity index (χ4v) is 10.3. The number of rotatable bonds is 6. The minimum Gasteiger partial charge on any atom is -0.299 e. The van der Waals surface area contributed by atoms with Gasteiger partial charge in [0.1, 0.15) is 5.78 Å². The topological polar surface area (TPSA) is 17.1 Å². The lowest BCUT2D eigenvalue weighted by atomic mass is 9.44. The fraction of sp³-hybridized carbons (Fsp3) is 0.966. The quantitative estimate of drug-likeness (QED) is 0.338. The lowest BCUT2D eigenvalue weighted by molar-refractivity contribution is -0.154. The molecule has 0 spiro atoms. The number of hydrogen-bond acceptors (Lipinski definition) is 1. The molecule has 5 unspecified atom stereocenters. The van der Waals surface area contributed by atoms with Crippen molar-refractivity contribution in [3.05, 3.63) is 0 Å². The Morgan fingerprint density at radius 1 is 0.968 bits per heavy atom. The molecule has 178 valence electrons. The summed E-state index contributed by atoms with van der Waals surface area (Å²) >= 11 is 3.85. The molecule has 4 fully saturated rings. The van der Waals surface area contributed by atoms with Crippen molar-refractivity contribution in [2.24, 2.45) is 58.2 Å². The normalized spacial score (nSPS) is 46.9. The Morgan fingerprint density at radius 3 is 2.32 bits per heavy atom. The van der Waals surface area contributed by atoms with Gasteiger partial charge in [-0.3, -0.25) is 4.79 Å². The molecule has 4 saturated carbocycles. The van der Waals surface area contributed by atoms with E-state index in [1.54, 1.807) is 0 Å². The Balaban J connectivity index is 1.49. The van der Waals surface area contributed by atoms with Gasteiger partial charge in [-0.15, -0.1) is 0 Å². The second kappa shape index (κ2) is 9.07. The number of ketones is 1. The average molecular weight is 494 g/mol. The molecule has 0 aromatic carbocycles. The predicted molar refractivity (Wildman–Crippen MR) is 135 cm³/mol. The largest absolute Gasteiger partial charge is 0.299 e. The fourth-order valence-electron chi connectivity index (χ4n) is 9.66. The van der Waals surface area contributed by atoms with Gasteiger partial charge in [0.05, 0.1) is 0 Å². The molecule has 1 nitrogen and oxygen atoms in total. The van der Waals surface area contributed by atoms with E-state index in [4.69, 9.17) is 0 Å². The van der Waals surface area contributed by atoms with Gasteiger partial charge < -0.3 is 0 Å². The predicted octanol–water partition coefficient (Wildman–Crippen LogP) is 8.69. The molecular formula is C29H49BrO. The van der Waals surface area contributed by atoms with E-state index in [0.29, 0.717) is 27.9 Å². The number of Topliss-reactive ketones (excluding diaryl/α,β-unsaturated/α-hetero) is 1. The monoisotopic (exact) mass is 492 g/mol. The number of hydrogen-bond donors (Lipinski definition) is 0. The van der Waals surface area contributed by atoms with Gasteiger partial charge in [-0.1, -0.05) is 70.3 Å². The molecule has 0 amide bonds. The van der Waals surface area contributed by atoms with Crippen LogP contribution in [-0.2, 0) is 4.79 Å². The standard InChI is InChI=1S/C29H49BrO/c1-7-20(18(2)3)9-8-19(4)23-10-11-24-22-17-27(31)26-16-21(30)12-14-29(26,6)25(22)13-15-28(23,24)5/h18-26H,7-17H2,1-6H3/t19-,20?,21+,22?,23?,24?,25?,26-,28-,29-/m1/s1. The van der Waals surface area contributed by atoms with Crippen LogP contribution in [0.3, 0.4) is 0 Å².